The van der Waals surface area contributed by atoms with Crippen molar-refractivity contribution in [2.24, 2.45) is 0 Å². The molecule has 0 aromatic heterocycles. The van der Waals surface area contributed by atoms with Gasteiger partial charge in [-0.2, -0.15) is 5.26 Å². The number of hydrogen-bond donors (Lipinski definition) is 2. The van der Waals surface area contributed by atoms with Crippen LogP contribution < -0.4 is 20.4 Å². The minimum atomic E-state index is -0.998. The second-order valence-electron chi connectivity index (χ2n) is 9.59. The van der Waals surface area contributed by atoms with Crippen LogP contribution in [-0.4, -0.2) is 64.0 Å². The van der Waals surface area contributed by atoms with E-state index in [1.165, 1.54) is 17.0 Å². The van der Waals surface area contributed by atoms with Gasteiger partial charge in [-0.1, -0.05) is 40.3 Å². The zero-order valence-corrected chi connectivity index (χ0v) is 26.8. The third-order valence-electron chi connectivity index (χ3n) is 6.78. The highest BCUT2D eigenvalue weighted by molar-refractivity contribution is 6.04. The largest absolute Gasteiger partial charge is 0.384 e. The summed E-state index contributed by atoms with van der Waals surface area (Å²) in [5.74, 6) is -3.88. The number of anilines is 2. The third kappa shape index (κ3) is 10.8. The Bertz CT molecular complexity index is 1350. The molecule has 2 aromatic rings. The summed E-state index contributed by atoms with van der Waals surface area (Å²) in [7, 11) is 3.24. The Kier molecular flexibility index (Phi) is 16.7. The second kappa shape index (κ2) is 19.6. The SMILES string of the molecule is C=C(CCOC)C(=O)N(C)c1cccc(C#N)c1.CC.CC.O=CNC1CN(c2cc(F)c(C3CCC(=O)NC3=O)c(F)c2)C1. The van der Waals surface area contributed by atoms with Crippen molar-refractivity contribution in [1.82, 2.24) is 10.6 Å². The van der Waals surface area contributed by atoms with Crippen LogP contribution in [0.1, 0.15) is 64.0 Å². The van der Waals surface area contributed by atoms with Crippen molar-refractivity contribution < 1.29 is 32.7 Å². The van der Waals surface area contributed by atoms with Crippen molar-refractivity contribution in [1.29, 1.82) is 5.26 Å². The van der Waals surface area contributed by atoms with Crippen molar-refractivity contribution in [3.05, 3.63) is 71.3 Å². The number of nitrogens with one attached hydrogen (secondary N) is 2. The molecule has 2 aromatic carbocycles. The molecular formula is C33H43F2N5O5. The smallest absolute Gasteiger partial charge is 0.253 e. The second-order valence-corrected chi connectivity index (χ2v) is 9.59. The molecule has 1 atom stereocenters. The Morgan fingerprint density at radius 3 is 2.33 bits per heavy atom. The number of hydrogen-bond acceptors (Lipinski definition) is 7. The summed E-state index contributed by atoms with van der Waals surface area (Å²) in [5.41, 5.74) is 1.75. The van der Waals surface area contributed by atoms with E-state index < -0.39 is 29.4 Å². The first kappa shape index (κ1) is 38.4. The van der Waals surface area contributed by atoms with E-state index in [0.717, 1.165) is 0 Å². The summed E-state index contributed by atoms with van der Waals surface area (Å²) >= 11 is 0. The third-order valence-corrected chi connectivity index (χ3v) is 6.78. The lowest BCUT2D eigenvalue weighted by atomic mass is 9.89. The number of halogens is 2. The molecular weight excluding hydrogens is 584 g/mol. The van der Waals surface area contributed by atoms with Gasteiger partial charge in [0.25, 0.3) is 5.91 Å². The molecule has 2 heterocycles. The number of piperidine rings is 1. The maximum atomic E-state index is 14.3. The van der Waals surface area contributed by atoms with Gasteiger partial charge < -0.3 is 19.9 Å². The van der Waals surface area contributed by atoms with Gasteiger partial charge in [-0.25, -0.2) is 8.78 Å². The van der Waals surface area contributed by atoms with E-state index in [0.29, 0.717) is 55.0 Å². The number of ether oxygens (including phenoxy) is 1. The average molecular weight is 628 g/mol. The van der Waals surface area contributed by atoms with Crippen LogP contribution in [0, 0.1) is 23.0 Å². The summed E-state index contributed by atoms with van der Waals surface area (Å²) in [6.45, 7) is 13.1. The summed E-state index contributed by atoms with van der Waals surface area (Å²) in [6.07, 6.45) is 1.24. The van der Waals surface area contributed by atoms with Gasteiger partial charge in [0.2, 0.25) is 18.2 Å². The molecule has 4 amide bonds. The van der Waals surface area contributed by atoms with Crippen LogP contribution >= 0.6 is 0 Å². The first-order valence-electron chi connectivity index (χ1n) is 14.8. The fourth-order valence-corrected chi connectivity index (χ4v) is 4.42. The first-order chi connectivity index (χ1) is 21.6. The van der Waals surface area contributed by atoms with Crippen LogP contribution in [0.25, 0.3) is 0 Å². The van der Waals surface area contributed by atoms with Crippen molar-refractivity contribution in [2.45, 2.75) is 58.9 Å². The van der Waals surface area contributed by atoms with Gasteiger partial charge in [0.1, 0.15) is 11.6 Å². The molecule has 2 saturated heterocycles. The zero-order valence-electron chi connectivity index (χ0n) is 26.8. The molecule has 0 radical (unpaired) electrons. The fraction of sp³-hybridized carbons (Fsp3) is 0.424. The van der Waals surface area contributed by atoms with E-state index in [4.69, 9.17) is 10.00 Å². The van der Waals surface area contributed by atoms with E-state index in [1.807, 2.05) is 33.8 Å². The molecule has 45 heavy (non-hydrogen) atoms. The quantitative estimate of drug-likeness (QED) is 0.236. The predicted octanol–water partition coefficient (Wildman–Crippen LogP) is 4.59. The van der Waals surface area contributed by atoms with E-state index in [1.54, 1.807) is 43.3 Å². The van der Waals surface area contributed by atoms with Crippen molar-refractivity contribution in [3.8, 4) is 6.07 Å². The lowest BCUT2D eigenvalue weighted by molar-refractivity contribution is -0.134. The lowest BCUT2D eigenvalue weighted by Gasteiger charge is -2.40. The number of likely N-dealkylation sites (N-methyl/N-ethyl adjacent to an activating group) is 1. The summed E-state index contributed by atoms with van der Waals surface area (Å²) in [6, 6.07) is 11.3. The Hall–Kier alpha value is -4.63. The Labute approximate surface area is 264 Å². The molecule has 2 aliphatic rings. The normalized spacial score (nSPS) is 15.2. The monoisotopic (exact) mass is 627 g/mol. The van der Waals surface area contributed by atoms with Gasteiger partial charge in [0, 0.05) is 62.6 Å². The number of nitriles is 1. The Balaban J connectivity index is 0.000000416. The molecule has 0 saturated carbocycles. The van der Waals surface area contributed by atoms with Crippen molar-refractivity contribution in [2.75, 3.05) is 43.7 Å². The highest BCUT2D eigenvalue weighted by atomic mass is 19.1. The van der Waals surface area contributed by atoms with Gasteiger partial charge in [0.05, 0.1) is 30.2 Å². The highest BCUT2D eigenvalue weighted by Gasteiger charge is 2.34. The molecule has 2 aliphatic heterocycles. The van der Waals surface area contributed by atoms with Crippen LogP contribution in [0.2, 0.25) is 0 Å². The fourth-order valence-electron chi connectivity index (χ4n) is 4.42. The Morgan fingerprint density at radius 2 is 1.80 bits per heavy atom. The van der Waals surface area contributed by atoms with Crippen molar-refractivity contribution >= 4 is 35.5 Å². The maximum absolute atomic E-state index is 14.3. The maximum Gasteiger partial charge on any atom is 0.253 e. The van der Waals surface area contributed by atoms with Gasteiger partial charge >= 0.3 is 0 Å². The molecule has 10 nitrogen and oxygen atoms in total. The van der Waals surface area contributed by atoms with Gasteiger partial charge in [-0.3, -0.25) is 24.5 Å². The predicted molar refractivity (Wildman–Crippen MR) is 170 cm³/mol. The van der Waals surface area contributed by atoms with Crippen LogP contribution in [0.15, 0.2) is 48.6 Å². The highest BCUT2D eigenvalue weighted by Crippen LogP contribution is 2.33. The van der Waals surface area contributed by atoms with Crippen LogP contribution in [0.5, 0.6) is 0 Å². The molecule has 244 valence electrons. The van der Waals surface area contributed by atoms with E-state index in [2.05, 4.69) is 17.2 Å². The number of benzene rings is 2. The van der Waals surface area contributed by atoms with Gasteiger partial charge in [-0.05, 0) is 36.8 Å². The first-order valence-corrected chi connectivity index (χ1v) is 14.8. The van der Waals surface area contributed by atoms with Gasteiger partial charge in [-0.15, -0.1) is 0 Å². The number of imide groups is 1. The summed E-state index contributed by atoms with van der Waals surface area (Å²) in [5, 5.41) is 13.5. The zero-order chi connectivity index (χ0) is 34.1. The number of methoxy groups -OCH3 is 1. The lowest BCUT2D eigenvalue weighted by Crippen LogP contribution is -2.57. The summed E-state index contributed by atoms with van der Waals surface area (Å²) < 4.78 is 33.6. The molecule has 0 spiro atoms. The summed E-state index contributed by atoms with van der Waals surface area (Å²) in [4.78, 5) is 48.5. The molecule has 2 fully saturated rings. The topological polar surface area (TPSA) is 132 Å². The number of nitrogens with zero attached hydrogens (tertiary/aromatic N) is 3. The number of carbonyl (C=O) groups is 4. The molecule has 4 rings (SSSR count). The van der Waals surface area contributed by atoms with E-state index in [9.17, 15) is 28.0 Å². The molecule has 0 bridgehead atoms. The van der Waals surface area contributed by atoms with Crippen LogP contribution in [-0.2, 0) is 23.9 Å². The molecule has 0 aliphatic carbocycles. The van der Waals surface area contributed by atoms with Crippen LogP contribution in [0.3, 0.4) is 0 Å². The number of carbonyl (C=O) groups excluding carboxylic acids is 4. The molecule has 12 heteroatoms. The Morgan fingerprint density at radius 1 is 1.18 bits per heavy atom. The van der Waals surface area contributed by atoms with Gasteiger partial charge in [0.15, 0.2) is 0 Å². The molecule has 1 unspecified atom stereocenters. The van der Waals surface area contributed by atoms with E-state index >= 15 is 0 Å². The molecule has 2 N–H and O–H groups in total. The number of rotatable bonds is 9. The average Bonchev–Trinajstić information content (AvgIpc) is 3.03. The van der Waals surface area contributed by atoms with E-state index in [-0.39, 0.29) is 30.4 Å². The minimum absolute atomic E-state index is 0.0339. The number of amides is 4. The van der Waals surface area contributed by atoms with Crippen molar-refractivity contribution in [3.63, 3.8) is 0 Å². The van der Waals surface area contributed by atoms with Crippen LogP contribution in [0.4, 0.5) is 20.2 Å². The minimum Gasteiger partial charge on any atom is -0.384 e. The standard InChI is InChI=1S/C15H15F2N3O3.C14H16N2O2.2C2H6/c16-11-3-9(20-5-8(6-20)18-7-21)4-12(17)14(11)10-1-2-13(22)19-15(10)23;1-11(7-8-18-3)14(17)16(2)13-6-4-5-12(9-13)10-15;2*1-2/h3-4,7-8,10H,1-2,5-6H2,(H,18,21)(H,19,22,23);4-6,9H,1,7-8H2,2-3H3;2*1-2H3.